The van der Waals surface area contributed by atoms with Crippen LogP contribution in [0.2, 0.25) is 0 Å². The second-order valence-electron chi connectivity index (χ2n) is 30.3. The number of halogens is 16. The van der Waals surface area contributed by atoms with Gasteiger partial charge >= 0.3 is 41.9 Å². The Balaban J connectivity index is 0.000000251. The minimum Gasteiger partial charge on any atom is -0.506 e. The molecule has 3 aliphatic heterocycles. The summed E-state index contributed by atoms with van der Waals surface area (Å²) < 4.78 is 125. The number of fused-ring (bicyclic) bond motifs is 1. The molecule has 0 spiro atoms. The number of carbonyl (C=O) groups is 7. The van der Waals surface area contributed by atoms with Crippen molar-refractivity contribution in [2.24, 2.45) is 0 Å². The first kappa shape index (κ1) is 125. The van der Waals surface area contributed by atoms with E-state index in [0.29, 0.717) is 146 Å². The van der Waals surface area contributed by atoms with Crippen LogP contribution in [0.1, 0.15) is 121 Å². The van der Waals surface area contributed by atoms with E-state index in [1.807, 2.05) is 143 Å². The minimum absolute atomic E-state index is 0.0521. The predicted molar refractivity (Wildman–Crippen MR) is 657 cm³/mol. The van der Waals surface area contributed by atoms with Gasteiger partial charge < -0.3 is 73.3 Å². The second-order valence-corrected chi connectivity index (χ2v) is 55.5. The zero-order valence-electron chi connectivity index (χ0n) is 73.5. The largest absolute Gasteiger partial charge is 0.506 e. The van der Waals surface area contributed by atoms with Crippen LogP contribution in [0.25, 0.3) is 11.0 Å². The van der Waals surface area contributed by atoms with Gasteiger partial charge in [0, 0.05) is 139 Å². The zero-order chi connectivity index (χ0) is 101. The molecule has 0 saturated carbocycles. The molecule has 746 valence electrons. The fraction of sp³-hybridized carbons (Fsp3) is 0.409. The molecule has 136 heavy (non-hydrogen) atoms. The third kappa shape index (κ3) is 47.3. The molecule has 0 atom stereocenters. The summed E-state index contributed by atoms with van der Waals surface area (Å²) in [6, 6.07) is 32.5. The van der Waals surface area contributed by atoms with E-state index >= 15 is 0 Å². The lowest BCUT2D eigenvalue weighted by Gasteiger charge is -2.26. The Hall–Kier alpha value is 0.720. The zero-order valence-corrected chi connectivity index (χ0v) is 110. The van der Waals surface area contributed by atoms with Gasteiger partial charge in [-0.1, -0.05) is 24.3 Å². The number of rotatable bonds is 33. The number of aromatic hydroxyl groups is 1. The maximum atomic E-state index is 12.3. The average molecular weight is 3680 g/mol. The van der Waals surface area contributed by atoms with E-state index in [9.17, 15) is 63.9 Å². The summed E-state index contributed by atoms with van der Waals surface area (Å²) >= 11 is 35.7. The first-order chi connectivity index (χ1) is 64.2. The Kier molecular flexibility index (Phi) is 59.9. The van der Waals surface area contributed by atoms with Gasteiger partial charge in [-0.2, -0.15) is 0 Å². The number of allylic oxidation sites excluding steroid dienone is 1. The number of alkyl carbamates (subject to hydrolysis) is 1. The van der Waals surface area contributed by atoms with Crippen LogP contribution in [0.4, 0.5) is 4.79 Å². The Bertz CT molecular complexity index is 5620. The lowest BCUT2D eigenvalue weighted by molar-refractivity contribution is 0.0304. The molecular weight excluding hydrogens is 3590 g/mol. The van der Waals surface area contributed by atoms with Crippen molar-refractivity contribution in [3.8, 4) is 5.75 Å². The lowest BCUT2D eigenvalue weighted by Crippen LogP contribution is -2.40. The molecule has 4 N–H and O–H groups in total. The number of carbonyl (C=O) groups excluding carboxylic acids is 7. The molecule has 29 nitrogen and oxygen atoms in total. The predicted octanol–water partition coefficient (Wildman–Crippen LogP) is 20.2. The normalized spacial score (nSPS) is 14.5. The molecule has 7 aromatic carbocycles. The van der Waals surface area contributed by atoms with Gasteiger partial charge in [0.2, 0.25) is 0 Å². The number of aromatic amines is 1. The summed E-state index contributed by atoms with van der Waals surface area (Å²) in [5.74, 6) is 0.112. The first-order valence-corrected chi connectivity index (χ1v) is 63.9. The molecule has 0 unspecified atom stereocenters. The molecule has 1 aromatic heterocycles. The van der Waals surface area contributed by atoms with Gasteiger partial charge in [-0.25, -0.2) is 63.8 Å². The van der Waals surface area contributed by atoms with Crippen molar-refractivity contribution in [1.29, 1.82) is 0 Å². The second kappa shape index (κ2) is 65.0. The van der Waals surface area contributed by atoms with Crippen LogP contribution in [-0.4, -0.2) is 268 Å². The van der Waals surface area contributed by atoms with Crippen LogP contribution in [-0.2, 0) is 73.8 Å². The summed E-state index contributed by atoms with van der Waals surface area (Å²) in [5, 5.41) is 15.7. The number of hydrogen-bond donors (Lipinski definition) is 4. The molecule has 3 saturated heterocycles. The third-order valence-electron chi connectivity index (χ3n) is 18.8. The van der Waals surface area contributed by atoms with E-state index in [4.69, 9.17) is 37.9 Å². The quantitative estimate of drug-likeness (QED) is 0.00741. The van der Waals surface area contributed by atoms with Gasteiger partial charge in [0.1, 0.15) is 36.0 Å². The number of sulfone groups is 3. The number of para-hydroxylation sites is 2. The Morgan fingerprint density at radius 2 is 0.838 bits per heavy atom. The highest BCUT2D eigenvalue weighted by Gasteiger charge is 2.28. The van der Waals surface area contributed by atoms with Crippen LogP contribution < -0.4 is 10.6 Å². The van der Waals surface area contributed by atoms with Gasteiger partial charge in [0.25, 0.3) is 0 Å². The number of nitrogens with zero attached hydrogens (tertiary/aromatic N) is 4. The summed E-state index contributed by atoms with van der Waals surface area (Å²) in [6.07, 6.45) is 7.06. The van der Waals surface area contributed by atoms with Crippen molar-refractivity contribution < 1.29 is 102 Å². The SMILES string of the molecule is C/C=C/CNCCOC(=O)c1cc(I)cc(I)c1I.CC(C)(C)OC(=O)NCCOCCOC(=O)c1cc(I)cc(I)c1I.O=C(OCCCN1CCS(=O)(=O)CC1)c1c(I)ccc(I)c1I.O=C(OCCCN1CCS(=O)(=O)CC1)c1c(I)ccc(I)c1O.O=C(OCCCN1CCS(=O)(=O)CC1)c1cc(I)ccc1Br.O=C(OCCCc1nc2ccccc2[nH]1)c1cc(I)cc(I)c1I. The molecule has 3 fully saturated rings. The average Bonchev–Trinajstić information content (AvgIpc) is 1.84. The van der Waals surface area contributed by atoms with Crippen molar-refractivity contribution in [3.63, 3.8) is 0 Å². The van der Waals surface area contributed by atoms with Crippen molar-refractivity contribution in [2.75, 3.05) is 166 Å². The van der Waals surface area contributed by atoms with Crippen LogP contribution in [0, 0.1) is 53.6 Å². The Labute approximate surface area is 1010 Å². The van der Waals surface area contributed by atoms with E-state index in [1.165, 1.54) is 0 Å². The van der Waals surface area contributed by atoms with E-state index in [-0.39, 0.29) is 95.5 Å². The number of ether oxygens (including phenoxy) is 8. The topological polar surface area (TPSA) is 378 Å². The van der Waals surface area contributed by atoms with Crippen molar-refractivity contribution in [1.82, 2.24) is 35.3 Å². The summed E-state index contributed by atoms with van der Waals surface area (Å²) in [5.41, 5.74) is 4.66. The van der Waals surface area contributed by atoms with Gasteiger partial charge in [-0.05, 0) is 499 Å². The molecular formula is C88H97BrI15N7O22S3. The number of esters is 6. The fourth-order valence-electron chi connectivity index (χ4n) is 11.8. The summed E-state index contributed by atoms with van der Waals surface area (Å²) in [4.78, 5) is 98.2. The first-order valence-electron chi connectivity index (χ1n) is 41.5. The third-order valence-corrected chi connectivity index (χ3v) is 41.7. The molecule has 0 bridgehead atoms. The van der Waals surface area contributed by atoms with Crippen LogP contribution in [0.5, 0.6) is 5.75 Å². The van der Waals surface area contributed by atoms with E-state index in [1.54, 1.807) is 45.0 Å². The number of aromatic nitrogens is 2. The number of phenols is 1. The maximum absolute atomic E-state index is 12.3. The number of imidazole rings is 1. The number of hydrogen-bond acceptors (Lipinski definition) is 27. The smallest absolute Gasteiger partial charge is 0.407 e. The fourth-order valence-corrected chi connectivity index (χ4v) is 27.1. The van der Waals surface area contributed by atoms with Gasteiger partial charge in [0.05, 0.1) is 117 Å². The highest BCUT2D eigenvalue weighted by molar-refractivity contribution is 14.1. The molecule has 8 aromatic rings. The molecule has 0 aliphatic carbocycles. The van der Waals surface area contributed by atoms with Crippen molar-refractivity contribution in [2.45, 2.75) is 65.4 Å². The minimum atomic E-state index is -2.87. The number of phenolic OH excluding ortho intramolecular Hbond substituents is 1. The summed E-state index contributed by atoms with van der Waals surface area (Å²) in [7, 11) is -8.54. The molecule has 1 amide bonds. The Morgan fingerprint density at radius 1 is 0.441 bits per heavy atom. The number of nitrogens with one attached hydrogen (secondary N) is 3. The van der Waals surface area contributed by atoms with Gasteiger partial charge in [-0.15, -0.1) is 0 Å². The van der Waals surface area contributed by atoms with E-state index in [2.05, 4.69) is 345 Å². The van der Waals surface area contributed by atoms with E-state index in [0.717, 1.165) is 100 Å². The number of H-pyrrole nitrogens is 1. The maximum Gasteiger partial charge on any atom is 0.407 e. The highest BCUT2D eigenvalue weighted by Crippen LogP contribution is 2.32. The molecule has 48 heteroatoms. The van der Waals surface area contributed by atoms with Crippen molar-refractivity contribution in [3.05, 3.63) is 213 Å². The number of amides is 1. The van der Waals surface area contributed by atoms with E-state index < -0.39 is 47.2 Å². The van der Waals surface area contributed by atoms with Crippen LogP contribution in [0.3, 0.4) is 0 Å². The standard InChI is InChI=1S/C17H13I3N2O2.C16H20I3NO5.C14H17BrINO4S.C14H16I3NO4S.C14H17I2NO5S.C13H14I3NO2/c18-10-8-11(16(20)12(19)9-10)17(23)24-7-3-6-15-21-13-4-1-2-5-14(13)22-15;1-16(2,3)25-15(22)20-4-5-23-6-7-24-14(21)11-8-10(17)9-12(18)13(11)19;15-13-3-2-11(16)10-12(13)14(18)21-7-1-4-17-5-8-22(19,20)9-6-17;15-10-2-3-11(16)13(17)12(10)14(19)22-7-1-4-18-5-8-23(20,21)9-6-18;15-10-2-3-11(16)13(18)12(10)14(19)22-7-1-4-17-5-8-23(20,21)9-6-17;1-2-3-4-17-5-6-19-13(18)10-7-9(14)8-11(15)12(10)16/h1-2,4-5,8-9H,3,6-7H2,(H,21,22);8-9H,4-7H2,1-3H3,(H,20,22);2-3,10H,1,4-9H2;2-3H,1,4-9H2;2-3,18H,1,4-9H2;2-3,7-8,17H,4-6H2,1H3/b;;;;;3-2+. The molecule has 11 rings (SSSR count). The summed E-state index contributed by atoms with van der Waals surface area (Å²) in [6.45, 7) is 17.1. The van der Waals surface area contributed by atoms with Crippen molar-refractivity contribution >= 4 is 437 Å². The number of benzene rings is 7. The lowest BCUT2D eigenvalue weighted by atomic mass is 10.2. The van der Waals surface area contributed by atoms with Gasteiger partial charge in [-0.3, -0.25) is 0 Å². The monoisotopic (exact) mass is 3680 g/mol. The highest BCUT2D eigenvalue weighted by atomic mass is 127. The number of aryl methyl sites for hydroxylation is 1. The molecule has 3 aliphatic rings. The van der Waals surface area contributed by atoms with Gasteiger partial charge in [0.15, 0.2) is 29.5 Å². The molecule has 4 heterocycles. The van der Waals surface area contributed by atoms with Crippen LogP contribution in [0.15, 0.2) is 120 Å². The molecule has 0 radical (unpaired) electrons. The Morgan fingerprint density at radius 3 is 1.29 bits per heavy atom. The van der Waals surface area contributed by atoms with Crippen LogP contribution >= 0.6 is 355 Å².